The number of carbonyl (C=O) groups is 5. The number of ether oxygens (including phenoxy) is 7. The molecule has 1 saturated heterocycles. The Labute approximate surface area is 208 Å². The first-order valence-corrected chi connectivity index (χ1v) is 11.1. The maximum Gasteiger partial charge on any atom is 0.305 e. The van der Waals surface area contributed by atoms with E-state index in [1.807, 2.05) is 30.3 Å². The Bertz CT molecular complexity index is 930. The molecule has 2 rings (SSSR count). The Morgan fingerprint density at radius 3 is 1.78 bits per heavy atom. The lowest BCUT2D eigenvalue weighted by Gasteiger charge is -2.45. The summed E-state index contributed by atoms with van der Waals surface area (Å²) < 4.78 is 38.1. The van der Waals surface area contributed by atoms with Gasteiger partial charge in [-0.3, -0.25) is 24.0 Å². The maximum absolute atomic E-state index is 12.0. The van der Waals surface area contributed by atoms with E-state index < -0.39 is 66.7 Å². The highest BCUT2D eigenvalue weighted by Gasteiger charge is 2.56. The van der Waals surface area contributed by atoms with Gasteiger partial charge in [-0.15, -0.1) is 0 Å². The van der Waals surface area contributed by atoms with E-state index in [1.54, 1.807) is 0 Å². The van der Waals surface area contributed by atoms with E-state index in [2.05, 4.69) is 0 Å². The first-order valence-electron chi connectivity index (χ1n) is 11.1. The minimum Gasteiger partial charge on any atom is -0.457 e. The van der Waals surface area contributed by atoms with Gasteiger partial charge in [0, 0.05) is 34.6 Å². The third-order valence-electron chi connectivity index (χ3n) is 4.80. The predicted octanol–water partition coefficient (Wildman–Crippen LogP) is 1.22. The SMILES string of the molecule is CC(=O)O[C@@H]1O[C@H]([C@H](COCc2ccccc2)OC(C)=O)[C@@H](OC(C)=O)[C@H](OC(C)=O)[C@H]1OC(C)=O. The van der Waals surface area contributed by atoms with Gasteiger partial charge >= 0.3 is 29.8 Å². The molecular formula is C24H30O12. The average molecular weight is 510 g/mol. The lowest BCUT2D eigenvalue weighted by molar-refractivity contribution is -0.310. The van der Waals surface area contributed by atoms with Gasteiger partial charge in [0.2, 0.25) is 12.4 Å². The van der Waals surface area contributed by atoms with Crippen LogP contribution in [-0.2, 0) is 63.7 Å². The molecule has 0 amide bonds. The molecule has 1 aliphatic heterocycles. The minimum atomic E-state index is -1.58. The fraction of sp³-hybridized carbons (Fsp3) is 0.542. The molecule has 1 heterocycles. The van der Waals surface area contributed by atoms with E-state index in [1.165, 1.54) is 0 Å². The summed E-state index contributed by atoms with van der Waals surface area (Å²) in [7, 11) is 0. The highest BCUT2D eigenvalue weighted by molar-refractivity contribution is 5.69. The van der Waals surface area contributed by atoms with Gasteiger partial charge in [0.15, 0.2) is 18.3 Å². The van der Waals surface area contributed by atoms with Gasteiger partial charge in [0.25, 0.3) is 0 Å². The highest BCUT2D eigenvalue weighted by Crippen LogP contribution is 2.32. The van der Waals surface area contributed by atoms with E-state index in [4.69, 9.17) is 33.2 Å². The normalized spacial score (nSPS) is 24.1. The van der Waals surface area contributed by atoms with Gasteiger partial charge in [-0.2, -0.15) is 0 Å². The number of benzene rings is 1. The molecule has 0 saturated carbocycles. The molecule has 0 bridgehead atoms. The molecule has 36 heavy (non-hydrogen) atoms. The van der Waals surface area contributed by atoms with Crippen LogP contribution < -0.4 is 0 Å². The van der Waals surface area contributed by atoms with Crippen molar-refractivity contribution in [3.63, 3.8) is 0 Å². The van der Waals surface area contributed by atoms with Crippen molar-refractivity contribution in [3.8, 4) is 0 Å². The molecule has 1 aromatic rings. The van der Waals surface area contributed by atoms with Crippen molar-refractivity contribution in [2.24, 2.45) is 0 Å². The smallest absolute Gasteiger partial charge is 0.305 e. The molecule has 0 aliphatic carbocycles. The van der Waals surface area contributed by atoms with Crippen LogP contribution in [0.4, 0.5) is 0 Å². The molecule has 1 aliphatic rings. The lowest BCUT2D eigenvalue weighted by atomic mass is 9.94. The van der Waals surface area contributed by atoms with Crippen LogP contribution >= 0.6 is 0 Å². The zero-order chi connectivity index (χ0) is 26.8. The number of hydrogen-bond acceptors (Lipinski definition) is 12. The van der Waals surface area contributed by atoms with Crippen molar-refractivity contribution >= 4 is 29.8 Å². The zero-order valence-corrected chi connectivity index (χ0v) is 20.7. The van der Waals surface area contributed by atoms with Crippen LogP contribution in [0.25, 0.3) is 0 Å². The lowest BCUT2D eigenvalue weighted by Crippen LogP contribution is -2.65. The van der Waals surface area contributed by atoms with E-state index in [-0.39, 0.29) is 13.2 Å². The van der Waals surface area contributed by atoms with Crippen molar-refractivity contribution < 1.29 is 57.1 Å². The van der Waals surface area contributed by atoms with Gasteiger partial charge in [0.1, 0.15) is 6.10 Å². The second kappa shape index (κ2) is 13.5. The zero-order valence-electron chi connectivity index (χ0n) is 20.7. The van der Waals surface area contributed by atoms with Crippen molar-refractivity contribution in [2.45, 2.75) is 78.0 Å². The average Bonchev–Trinajstić information content (AvgIpc) is 2.76. The van der Waals surface area contributed by atoms with Gasteiger partial charge < -0.3 is 33.2 Å². The van der Waals surface area contributed by atoms with E-state index in [0.717, 1.165) is 40.2 Å². The van der Waals surface area contributed by atoms with Crippen LogP contribution in [0, 0.1) is 0 Å². The summed E-state index contributed by atoms with van der Waals surface area (Å²) in [6, 6.07) is 9.15. The second-order valence-electron chi connectivity index (χ2n) is 7.95. The number of carbonyl (C=O) groups excluding carboxylic acids is 5. The molecule has 0 unspecified atom stereocenters. The summed E-state index contributed by atoms with van der Waals surface area (Å²) in [4.78, 5) is 59.4. The van der Waals surface area contributed by atoms with Crippen LogP contribution in [0.2, 0.25) is 0 Å². The van der Waals surface area contributed by atoms with Crippen LogP contribution in [0.15, 0.2) is 30.3 Å². The summed E-state index contributed by atoms with van der Waals surface area (Å²) in [5.74, 6) is -3.90. The first kappa shape index (κ1) is 28.7. The van der Waals surface area contributed by atoms with Crippen LogP contribution in [0.5, 0.6) is 0 Å². The van der Waals surface area contributed by atoms with Gasteiger partial charge in [-0.25, -0.2) is 0 Å². The number of rotatable bonds is 10. The number of hydrogen-bond donors (Lipinski definition) is 0. The molecule has 12 nitrogen and oxygen atoms in total. The van der Waals surface area contributed by atoms with Crippen LogP contribution in [0.1, 0.15) is 40.2 Å². The molecule has 0 spiro atoms. The molecule has 1 aromatic carbocycles. The van der Waals surface area contributed by atoms with Gasteiger partial charge in [0.05, 0.1) is 13.2 Å². The maximum atomic E-state index is 12.0. The molecule has 0 N–H and O–H groups in total. The Hall–Kier alpha value is -3.51. The molecule has 12 heteroatoms. The third-order valence-corrected chi connectivity index (χ3v) is 4.80. The van der Waals surface area contributed by atoms with Crippen LogP contribution in [-0.4, -0.2) is 73.3 Å². The van der Waals surface area contributed by atoms with Gasteiger partial charge in [-0.05, 0) is 5.56 Å². The third kappa shape index (κ3) is 8.93. The molecule has 6 atom stereocenters. The Kier molecular flexibility index (Phi) is 10.8. The highest BCUT2D eigenvalue weighted by atomic mass is 16.7. The molecular weight excluding hydrogens is 480 g/mol. The topological polar surface area (TPSA) is 150 Å². The summed E-state index contributed by atoms with van der Waals surface area (Å²) in [6.07, 6.45) is -8.50. The fourth-order valence-corrected chi connectivity index (χ4v) is 3.64. The van der Waals surface area contributed by atoms with E-state index in [9.17, 15) is 24.0 Å². The van der Waals surface area contributed by atoms with Crippen LogP contribution in [0.3, 0.4) is 0 Å². The summed E-state index contributed by atoms with van der Waals surface area (Å²) >= 11 is 0. The standard InChI is InChI=1S/C24H30O12/c1-13(25)31-19(12-30-11-18-9-7-6-8-10-18)20-21(32-14(2)26)22(33-15(3)27)23(34-16(4)28)24(36-20)35-17(5)29/h6-10,19-24H,11-12H2,1-5H3/t19-,20+,21+,22-,23+,24+/m0/s1. The van der Waals surface area contributed by atoms with Crippen molar-refractivity contribution in [2.75, 3.05) is 6.61 Å². The Morgan fingerprint density at radius 1 is 0.722 bits per heavy atom. The molecule has 198 valence electrons. The Morgan fingerprint density at radius 2 is 1.25 bits per heavy atom. The van der Waals surface area contributed by atoms with Crippen molar-refractivity contribution in [1.29, 1.82) is 0 Å². The summed E-state index contributed by atoms with van der Waals surface area (Å²) in [5.41, 5.74) is 0.839. The minimum absolute atomic E-state index is 0.153. The largest absolute Gasteiger partial charge is 0.457 e. The Balaban J connectivity index is 2.44. The fourth-order valence-electron chi connectivity index (χ4n) is 3.64. The van der Waals surface area contributed by atoms with E-state index in [0.29, 0.717) is 0 Å². The summed E-state index contributed by atoms with van der Waals surface area (Å²) in [6.45, 7) is 5.45. The second-order valence-corrected chi connectivity index (χ2v) is 7.95. The predicted molar refractivity (Wildman–Crippen MR) is 119 cm³/mol. The summed E-state index contributed by atoms with van der Waals surface area (Å²) in [5, 5.41) is 0. The number of esters is 5. The van der Waals surface area contributed by atoms with Crippen molar-refractivity contribution in [1.82, 2.24) is 0 Å². The first-order chi connectivity index (χ1) is 17.0. The van der Waals surface area contributed by atoms with Crippen molar-refractivity contribution in [3.05, 3.63) is 35.9 Å². The quantitative estimate of drug-likeness (QED) is 0.329. The molecule has 0 aromatic heterocycles. The monoisotopic (exact) mass is 510 g/mol. The molecule has 0 radical (unpaired) electrons. The van der Waals surface area contributed by atoms with E-state index >= 15 is 0 Å². The molecule has 1 fully saturated rings. The van der Waals surface area contributed by atoms with Gasteiger partial charge in [-0.1, -0.05) is 30.3 Å².